The Hall–Kier alpha value is -1.51. The molecule has 0 aliphatic heterocycles. The maximum atomic E-state index is 12.4. The van der Waals surface area contributed by atoms with Crippen LogP contribution in [-0.2, 0) is 10.0 Å². The van der Waals surface area contributed by atoms with Gasteiger partial charge in [-0.1, -0.05) is 6.42 Å². The van der Waals surface area contributed by atoms with Crippen molar-refractivity contribution in [2.45, 2.75) is 30.3 Å². The molecule has 1 aliphatic rings. The first-order valence-electron chi connectivity index (χ1n) is 6.29. The van der Waals surface area contributed by atoms with Crippen molar-refractivity contribution < 1.29 is 23.4 Å². The van der Waals surface area contributed by atoms with Crippen LogP contribution in [0.3, 0.4) is 0 Å². The summed E-state index contributed by atoms with van der Waals surface area (Å²) in [5.74, 6) is -1.16. The van der Waals surface area contributed by atoms with Gasteiger partial charge < -0.3 is 10.2 Å². The first-order valence-corrected chi connectivity index (χ1v) is 7.73. The molecule has 110 valence electrons. The molecule has 1 saturated carbocycles. The molecule has 2 rings (SSSR count). The zero-order valence-electron chi connectivity index (χ0n) is 10.8. The molecule has 0 bridgehead atoms. The lowest BCUT2D eigenvalue weighted by Gasteiger charge is -2.35. The third-order valence-corrected chi connectivity index (χ3v) is 5.23. The minimum Gasteiger partial charge on any atom is -0.478 e. The molecule has 0 amide bonds. The number of hydrogen-bond acceptors (Lipinski definition) is 5. The molecule has 0 saturated heterocycles. The molecule has 0 aromatic carbocycles. The minimum absolute atomic E-state index is 0.0232. The van der Waals surface area contributed by atoms with E-state index in [9.17, 15) is 13.2 Å². The Balaban J connectivity index is 2.29. The number of nitrogens with zero attached hydrogens (tertiary/aromatic N) is 2. The van der Waals surface area contributed by atoms with Gasteiger partial charge in [-0.15, -0.1) is 0 Å². The zero-order chi connectivity index (χ0) is 14.8. The van der Waals surface area contributed by atoms with Crippen LogP contribution in [0.25, 0.3) is 0 Å². The third-order valence-electron chi connectivity index (χ3n) is 3.36. The summed E-state index contributed by atoms with van der Waals surface area (Å²) in [4.78, 5) is 14.5. The highest BCUT2D eigenvalue weighted by Crippen LogP contribution is 2.29. The normalized spacial score (nSPS) is 16.1. The summed E-state index contributed by atoms with van der Waals surface area (Å²) in [5, 5.41) is 17.6. The lowest BCUT2D eigenvalue weighted by atomic mass is 9.93. The quantitative estimate of drug-likeness (QED) is 0.783. The molecule has 1 fully saturated rings. The second kappa shape index (κ2) is 5.86. The van der Waals surface area contributed by atoms with Gasteiger partial charge in [0.05, 0.1) is 12.2 Å². The summed E-state index contributed by atoms with van der Waals surface area (Å²) in [6, 6.07) is 2.29. The van der Waals surface area contributed by atoms with Gasteiger partial charge in [0.25, 0.3) is 10.0 Å². The Morgan fingerprint density at radius 1 is 1.40 bits per heavy atom. The summed E-state index contributed by atoms with van der Waals surface area (Å²) in [6.45, 7) is -0.238. The number of carboxylic acid groups (broad SMARTS) is 1. The van der Waals surface area contributed by atoms with E-state index in [4.69, 9.17) is 10.2 Å². The van der Waals surface area contributed by atoms with Crippen LogP contribution < -0.4 is 0 Å². The SMILES string of the molecule is O=C(O)c1ccc(S(=O)(=O)N(CCO)C2CCC2)nc1. The van der Waals surface area contributed by atoms with Crippen molar-refractivity contribution >= 4 is 16.0 Å². The van der Waals surface area contributed by atoms with Crippen LogP contribution >= 0.6 is 0 Å². The highest BCUT2D eigenvalue weighted by molar-refractivity contribution is 7.89. The van der Waals surface area contributed by atoms with Gasteiger partial charge >= 0.3 is 5.97 Å². The van der Waals surface area contributed by atoms with E-state index in [0.29, 0.717) is 0 Å². The van der Waals surface area contributed by atoms with Crippen LogP contribution in [-0.4, -0.2) is 53.1 Å². The van der Waals surface area contributed by atoms with Crippen molar-refractivity contribution in [3.8, 4) is 0 Å². The van der Waals surface area contributed by atoms with E-state index in [1.165, 1.54) is 16.4 Å². The molecule has 1 aliphatic carbocycles. The lowest BCUT2D eigenvalue weighted by Crippen LogP contribution is -2.45. The summed E-state index contributed by atoms with van der Waals surface area (Å²) in [6.07, 6.45) is 3.53. The molecule has 20 heavy (non-hydrogen) atoms. The number of carboxylic acids is 1. The number of carbonyl (C=O) groups is 1. The average Bonchev–Trinajstić information content (AvgIpc) is 2.36. The lowest BCUT2D eigenvalue weighted by molar-refractivity contribution is 0.0696. The van der Waals surface area contributed by atoms with Gasteiger partial charge in [-0.2, -0.15) is 4.31 Å². The molecule has 1 heterocycles. The van der Waals surface area contributed by atoms with Crippen LogP contribution in [0, 0.1) is 0 Å². The molecule has 8 heteroatoms. The maximum absolute atomic E-state index is 12.4. The van der Waals surface area contributed by atoms with E-state index in [0.717, 1.165) is 25.5 Å². The van der Waals surface area contributed by atoms with Gasteiger partial charge in [0, 0.05) is 18.8 Å². The van der Waals surface area contributed by atoms with E-state index in [1.807, 2.05) is 0 Å². The molecule has 1 aromatic heterocycles. The largest absolute Gasteiger partial charge is 0.478 e. The fourth-order valence-corrected chi connectivity index (χ4v) is 3.64. The second-order valence-electron chi connectivity index (χ2n) is 4.61. The Labute approximate surface area is 116 Å². The van der Waals surface area contributed by atoms with Gasteiger partial charge in [-0.25, -0.2) is 18.2 Å². The van der Waals surface area contributed by atoms with Crippen molar-refractivity contribution in [2.24, 2.45) is 0 Å². The number of aliphatic hydroxyl groups is 1. The summed E-state index contributed by atoms with van der Waals surface area (Å²) in [5.41, 5.74) is -0.0682. The molecule has 0 atom stereocenters. The molecule has 0 radical (unpaired) electrons. The molecular weight excluding hydrogens is 284 g/mol. The van der Waals surface area contributed by atoms with Crippen LogP contribution in [0.4, 0.5) is 0 Å². The van der Waals surface area contributed by atoms with E-state index >= 15 is 0 Å². The van der Waals surface area contributed by atoms with E-state index in [2.05, 4.69) is 4.98 Å². The van der Waals surface area contributed by atoms with Crippen molar-refractivity contribution in [1.29, 1.82) is 0 Å². The molecule has 0 spiro atoms. The van der Waals surface area contributed by atoms with Crippen LogP contribution in [0.15, 0.2) is 23.4 Å². The van der Waals surface area contributed by atoms with Gasteiger partial charge in [-0.05, 0) is 25.0 Å². The van der Waals surface area contributed by atoms with Crippen LogP contribution in [0.1, 0.15) is 29.6 Å². The molecule has 1 aromatic rings. The minimum atomic E-state index is -3.80. The van der Waals surface area contributed by atoms with Gasteiger partial charge in [0.2, 0.25) is 0 Å². The number of aromatic nitrogens is 1. The molecule has 7 nitrogen and oxygen atoms in total. The highest BCUT2D eigenvalue weighted by atomic mass is 32.2. The number of rotatable bonds is 6. The van der Waals surface area contributed by atoms with Gasteiger partial charge in [-0.3, -0.25) is 0 Å². The Kier molecular flexibility index (Phi) is 4.36. The summed E-state index contributed by atoms with van der Waals surface area (Å²) in [7, 11) is -3.80. The predicted molar refractivity (Wildman–Crippen MR) is 69.8 cm³/mol. The first-order chi connectivity index (χ1) is 9.46. The van der Waals surface area contributed by atoms with Gasteiger partial charge in [0.15, 0.2) is 5.03 Å². The van der Waals surface area contributed by atoms with E-state index in [1.54, 1.807) is 0 Å². The van der Waals surface area contributed by atoms with E-state index < -0.39 is 16.0 Å². The average molecular weight is 300 g/mol. The molecule has 2 N–H and O–H groups in total. The van der Waals surface area contributed by atoms with Crippen molar-refractivity contribution in [3.05, 3.63) is 23.9 Å². The maximum Gasteiger partial charge on any atom is 0.337 e. The topological polar surface area (TPSA) is 108 Å². The smallest absolute Gasteiger partial charge is 0.337 e. The Bertz CT molecular complexity index is 580. The van der Waals surface area contributed by atoms with E-state index in [-0.39, 0.29) is 29.8 Å². The highest BCUT2D eigenvalue weighted by Gasteiger charge is 2.35. The first kappa shape index (κ1) is 14.9. The number of hydrogen-bond donors (Lipinski definition) is 2. The fourth-order valence-electron chi connectivity index (χ4n) is 2.05. The van der Waals surface area contributed by atoms with Crippen LogP contribution in [0.2, 0.25) is 0 Å². The number of aromatic carboxylic acids is 1. The number of sulfonamides is 1. The summed E-state index contributed by atoms with van der Waals surface area (Å²) < 4.78 is 26.1. The molecule has 0 unspecified atom stereocenters. The standard InChI is InChI=1S/C12H16N2O5S/c15-7-6-14(10-2-1-3-10)20(18,19)11-5-4-9(8-13-11)12(16)17/h4-5,8,10,15H,1-3,6-7H2,(H,16,17). The predicted octanol–water partition coefficient (Wildman–Crippen LogP) is 0.315. The van der Waals surface area contributed by atoms with Gasteiger partial charge in [0.1, 0.15) is 0 Å². The monoisotopic (exact) mass is 300 g/mol. The summed E-state index contributed by atoms with van der Waals surface area (Å²) >= 11 is 0. The van der Waals surface area contributed by atoms with Crippen molar-refractivity contribution in [2.75, 3.05) is 13.2 Å². The number of pyridine rings is 1. The third kappa shape index (κ3) is 2.82. The number of aliphatic hydroxyl groups excluding tert-OH is 1. The van der Waals surface area contributed by atoms with Crippen molar-refractivity contribution in [3.63, 3.8) is 0 Å². The van der Waals surface area contributed by atoms with Crippen molar-refractivity contribution in [1.82, 2.24) is 9.29 Å². The van der Waals surface area contributed by atoms with Crippen LogP contribution in [0.5, 0.6) is 0 Å². The second-order valence-corrected chi connectivity index (χ2v) is 6.45. The molecular formula is C12H16N2O5S. The Morgan fingerprint density at radius 2 is 2.10 bits per heavy atom. The zero-order valence-corrected chi connectivity index (χ0v) is 11.6. The fraction of sp³-hybridized carbons (Fsp3) is 0.500. The Morgan fingerprint density at radius 3 is 2.50 bits per heavy atom.